The van der Waals surface area contributed by atoms with Crippen molar-refractivity contribution in [3.05, 3.63) is 53.6 Å². The van der Waals surface area contributed by atoms with Crippen molar-refractivity contribution in [2.75, 3.05) is 37.3 Å². The molecule has 0 atom stereocenters. The fourth-order valence-corrected chi connectivity index (χ4v) is 4.75. The molecule has 3 aromatic rings. The Labute approximate surface area is 198 Å². The van der Waals surface area contributed by atoms with Crippen molar-refractivity contribution < 1.29 is 9.59 Å². The lowest BCUT2D eigenvalue weighted by molar-refractivity contribution is 0.0980. The lowest BCUT2D eigenvalue weighted by atomic mass is 10.1. The van der Waals surface area contributed by atoms with E-state index in [0.717, 1.165) is 29.9 Å². The first-order valence-corrected chi connectivity index (χ1v) is 12.1. The number of carbonyl (C=O) groups excluding carboxylic acids is 2. The number of carbonyl (C=O) groups is 2. The van der Waals surface area contributed by atoms with E-state index in [9.17, 15) is 9.59 Å². The Hall–Kier alpha value is -1.93. The summed E-state index contributed by atoms with van der Waals surface area (Å²) in [5.74, 6) is -0.107. The third-order valence-electron chi connectivity index (χ3n) is 5.13. The number of anilines is 1. The van der Waals surface area contributed by atoms with Gasteiger partial charge < -0.3 is 4.90 Å². The second-order valence-corrected chi connectivity index (χ2v) is 8.84. The maximum Gasteiger partial charge on any atom is 0.260 e. The molecule has 0 unspecified atom stereocenters. The van der Waals surface area contributed by atoms with Gasteiger partial charge in [0.05, 0.1) is 10.2 Å². The quantitative estimate of drug-likeness (QED) is 0.295. The van der Waals surface area contributed by atoms with E-state index < -0.39 is 0 Å². The second kappa shape index (κ2) is 11.6. The molecule has 8 heteroatoms. The largest absolute Gasteiger partial charge is 0.302 e. The van der Waals surface area contributed by atoms with Crippen LogP contribution in [-0.4, -0.2) is 54.0 Å². The Morgan fingerprint density at radius 2 is 1.65 bits per heavy atom. The number of fused-ring (bicyclic) bond motifs is 1. The minimum atomic E-state index is -0.0959. The molecular formula is C23H28ClN3O2S2. The number of amides is 1. The topological polar surface area (TPSA) is 53.5 Å². The first-order chi connectivity index (χ1) is 14.5. The number of halogens is 1. The van der Waals surface area contributed by atoms with E-state index in [1.165, 1.54) is 11.8 Å². The van der Waals surface area contributed by atoms with Gasteiger partial charge in [-0.3, -0.25) is 14.5 Å². The van der Waals surface area contributed by atoms with Crippen LogP contribution in [-0.2, 0) is 0 Å². The number of hydrogen-bond donors (Lipinski definition) is 0. The molecule has 166 valence electrons. The molecule has 0 spiro atoms. The Morgan fingerprint density at radius 3 is 2.23 bits per heavy atom. The predicted molar refractivity (Wildman–Crippen MR) is 135 cm³/mol. The Balaban J connectivity index is 0.00000341. The summed E-state index contributed by atoms with van der Waals surface area (Å²) in [6, 6.07) is 13.1. The van der Waals surface area contributed by atoms with E-state index in [4.69, 9.17) is 4.98 Å². The molecule has 0 saturated heterocycles. The fraction of sp³-hybridized carbons (Fsp3) is 0.348. The molecule has 1 heterocycles. The summed E-state index contributed by atoms with van der Waals surface area (Å²) < 4.78 is 1.07. The van der Waals surface area contributed by atoms with Gasteiger partial charge in [-0.1, -0.05) is 37.3 Å². The minimum absolute atomic E-state index is 0. The number of aromatic nitrogens is 1. The zero-order valence-corrected chi connectivity index (χ0v) is 20.7. The van der Waals surface area contributed by atoms with Crippen molar-refractivity contribution in [3.63, 3.8) is 0 Å². The number of thioether (sulfide) groups is 1. The van der Waals surface area contributed by atoms with Crippen LogP contribution < -0.4 is 4.90 Å². The molecule has 0 aliphatic heterocycles. The highest BCUT2D eigenvalue weighted by atomic mass is 35.5. The van der Waals surface area contributed by atoms with E-state index in [0.29, 0.717) is 22.8 Å². The Kier molecular flexibility index (Phi) is 9.50. The van der Waals surface area contributed by atoms with Crippen LogP contribution in [0.4, 0.5) is 5.13 Å². The highest BCUT2D eigenvalue weighted by Gasteiger charge is 2.22. The molecule has 0 saturated carbocycles. The molecule has 0 radical (unpaired) electrons. The summed E-state index contributed by atoms with van der Waals surface area (Å²) in [7, 11) is 0. The number of likely N-dealkylation sites (N-methyl/N-ethyl adjacent to an activating group) is 1. The lowest BCUT2D eigenvalue weighted by Crippen LogP contribution is -2.38. The minimum Gasteiger partial charge on any atom is -0.302 e. The molecule has 0 aliphatic carbocycles. The van der Waals surface area contributed by atoms with Gasteiger partial charge in [0.2, 0.25) is 0 Å². The summed E-state index contributed by atoms with van der Waals surface area (Å²) in [4.78, 5) is 35.0. The first-order valence-electron chi connectivity index (χ1n) is 10.1. The number of hydrogen-bond acceptors (Lipinski definition) is 6. The van der Waals surface area contributed by atoms with Crippen molar-refractivity contribution >= 4 is 62.5 Å². The number of nitrogens with zero attached hydrogens (tertiary/aromatic N) is 3. The molecule has 0 fully saturated rings. The zero-order valence-electron chi connectivity index (χ0n) is 18.3. The smallest absolute Gasteiger partial charge is 0.260 e. The number of rotatable bonds is 9. The van der Waals surface area contributed by atoms with E-state index in [2.05, 4.69) is 30.9 Å². The first kappa shape index (κ1) is 25.3. The van der Waals surface area contributed by atoms with E-state index in [1.807, 2.05) is 12.3 Å². The van der Waals surface area contributed by atoms with Gasteiger partial charge in [0.1, 0.15) is 0 Å². The van der Waals surface area contributed by atoms with Gasteiger partial charge in [-0.2, -0.15) is 0 Å². The zero-order chi connectivity index (χ0) is 21.7. The summed E-state index contributed by atoms with van der Waals surface area (Å²) in [6.07, 6.45) is 2.05. The normalized spacial score (nSPS) is 10.9. The van der Waals surface area contributed by atoms with E-state index in [1.54, 1.807) is 52.3 Å². The van der Waals surface area contributed by atoms with Gasteiger partial charge in [0.15, 0.2) is 10.9 Å². The maximum atomic E-state index is 13.4. The maximum absolute atomic E-state index is 13.4. The number of Topliss-reactive ketones (excluding diaryl/α,β-unsaturated/α-hetero) is 1. The van der Waals surface area contributed by atoms with Gasteiger partial charge >= 0.3 is 0 Å². The Bertz CT molecular complexity index is 1030. The van der Waals surface area contributed by atoms with Crippen LogP contribution in [0.5, 0.6) is 0 Å². The number of thiazole rings is 1. The lowest BCUT2D eigenvalue weighted by Gasteiger charge is -2.24. The molecule has 1 amide bonds. The van der Waals surface area contributed by atoms with Gasteiger partial charge in [-0.15, -0.1) is 24.2 Å². The average Bonchev–Trinajstić information content (AvgIpc) is 3.19. The number of benzene rings is 2. The standard InChI is InChI=1S/C23H27N3O2S2.ClH/c1-5-25(6-2)13-14-26(22(28)18-9-7-17(8-10-18)16(3)27)23-24-20-12-11-19(29-4)15-21(20)30-23;/h7-12,15H,5-6,13-14H2,1-4H3;1H. The highest BCUT2D eigenvalue weighted by molar-refractivity contribution is 7.98. The van der Waals surface area contributed by atoms with Crippen molar-refractivity contribution in [2.24, 2.45) is 0 Å². The summed E-state index contributed by atoms with van der Waals surface area (Å²) >= 11 is 3.23. The van der Waals surface area contributed by atoms with Gasteiger partial charge in [-0.05, 0) is 56.6 Å². The van der Waals surface area contributed by atoms with Crippen LogP contribution in [0.1, 0.15) is 41.5 Å². The average molecular weight is 478 g/mol. The molecule has 31 heavy (non-hydrogen) atoms. The summed E-state index contributed by atoms with van der Waals surface area (Å²) in [5.41, 5.74) is 2.06. The van der Waals surface area contributed by atoms with Crippen molar-refractivity contribution in [1.29, 1.82) is 0 Å². The second-order valence-electron chi connectivity index (χ2n) is 6.95. The van der Waals surface area contributed by atoms with Crippen molar-refractivity contribution in [2.45, 2.75) is 25.7 Å². The van der Waals surface area contributed by atoms with Crippen LogP contribution in [0, 0.1) is 0 Å². The molecule has 5 nitrogen and oxygen atoms in total. The van der Waals surface area contributed by atoms with Crippen LogP contribution >= 0.6 is 35.5 Å². The van der Waals surface area contributed by atoms with Crippen molar-refractivity contribution in [3.8, 4) is 0 Å². The van der Waals surface area contributed by atoms with E-state index in [-0.39, 0.29) is 24.1 Å². The fourth-order valence-electron chi connectivity index (χ4n) is 3.20. The third kappa shape index (κ3) is 6.07. The summed E-state index contributed by atoms with van der Waals surface area (Å²) in [5, 5.41) is 0.705. The van der Waals surface area contributed by atoms with E-state index >= 15 is 0 Å². The van der Waals surface area contributed by atoms with Crippen molar-refractivity contribution in [1.82, 2.24) is 9.88 Å². The van der Waals surface area contributed by atoms with Gasteiger partial charge in [0.25, 0.3) is 5.91 Å². The van der Waals surface area contributed by atoms with Gasteiger partial charge in [-0.25, -0.2) is 4.98 Å². The SMILES string of the molecule is CCN(CC)CCN(C(=O)c1ccc(C(C)=O)cc1)c1nc2ccc(SC)cc2s1.Cl. The monoisotopic (exact) mass is 477 g/mol. The van der Waals surface area contributed by atoms with Crippen LogP contribution in [0.25, 0.3) is 10.2 Å². The highest BCUT2D eigenvalue weighted by Crippen LogP contribution is 2.32. The van der Waals surface area contributed by atoms with Crippen LogP contribution in [0.15, 0.2) is 47.4 Å². The van der Waals surface area contributed by atoms with Crippen LogP contribution in [0.2, 0.25) is 0 Å². The van der Waals surface area contributed by atoms with Gasteiger partial charge in [0, 0.05) is 29.1 Å². The molecule has 0 bridgehead atoms. The third-order valence-corrected chi connectivity index (χ3v) is 6.90. The Morgan fingerprint density at radius 1 is 1.00 bits per heavy atom. The predicted octanol–water partition coefficient (Wildman–Crippen LogP) is 5.63. The molecule has 3 rings (SSSR count). The molecule has 1 aromatic heterocycles. The molecule has 0 aliphatic rings. The number of ketones is 1. The molecule has 0 N–H and O–H groups in total. The van der Waals surface area contributed by atoms with Crippen LogP contribution in [0.3, 0.4) is 0 Å². The summed E-state index contributed by atoms with van der Waals surface area (Å²) in [6.45, 7) is 8.97. The molecule has 2 aromatic carbocycles. The molecular weight excluding hydrogens is 450 g/mol.